The fourth-order valence-corrected chi connectivity index (χ4v) is 3.28. The minimum absolute atomic E-state index is 0.0152. The molecule has 1 aromatic carbocycles. The number of benzene rings is 1. The van der Waals surface area contributed by atoms with Gasteiger partial charge in [-0.25, -0.2) is 0 Å². The predicted molar refractivity (Wildman–Crippen MR) is 91.0 cm³/mol. The van der Waals surface area contributed by atoms with E-state index in [1.165, 1.54) is 11.8 Å². The first-order valence-corrected chi connectivity index (χ1v) is 9.26. The zero-order valence-electron chi connectivity index (χ0n) is 13.9. The lowest BCUT2D eigenvalue weighted by Gasteiger charge is -2.29. The van der Waals surface area contributed by atoms with Crippen LogP contribution in [0.2, 0.25) is 0 Å². The molecule has 1 aromatic heterocycles. The van der Waals surface area contributed by atoms with Gasteiger partial charge < -0.3 is 18.8 Å². The lowest BCUT2D eigenvalue weighted by molar-refractivity contribution is -0.128. The second-order valence-corrected chi connectivity index (χ2v) is 7.17. The molecule has 0 N–H and O–H groups in total. The zero-order valence-corrected chi connectivity index (χ0v) is 14.7. The maximum atomic E-state index is 12.3. The normalized spacial score (nSPS) is 18.8. The molecule has 1 aliphatic carbocycles. The van der Waals surface area contributed by atoms with Crippen molar-refractivity contribution in [1.82, 2.24) is 15.1 Å². The standard InChI is InChI=1S/C17H19N3O4S/c1-20(8-12-9-22-13-4-2-3-5-14(13)23-12)15(21)10-25-17-19-18-16(24-17)11-6-7-11/h2-5,11-12H,6-10H2,1H3. The number of para-hydroxylation sites is 2. The number of thioether (sulfide) groups is 1. The molecule has 2 aromatic rings. The summed E-state index contributed by atoms with van der Waals surface area (Å²) in [7, 11) is 1.76. The van der Waals surface area contributed by atoms with Crippen molar-refractivity contribution in [2.45, 2.75) is 30.1 Å². The van der Waals surface area contributed by atoms with Gasteiger partial charge in [0.25, 0.3) is 5.22 Å². The number of nitrogens with zero attached hydrogens (tertiary/aromatic N) is 3. The van der Waals surface area contributed by atoms with Crippen LogP contribution in [0.1, 0.15) is 24.7 Å². The Balaban J connectivity index is 1.26. The first-order chi connectivity index (χ1) is 12.2. The van der Waals surface area contributed by atoms with E-state index in [0.29, 0.717) is 35.9 Å². The molecule has 25 heavy (non-hydrogen) atoms. The van der Waals surface area contributed by atoms with Crippen molar-refractivity contribution in [3.05, 3.63) is 30.2 Å². The van der Waals surface area contributed by atoms with Crippen molar-refractivity contribution < 1.29 is 18.7 Å². The van der Waals surface area contributed by atoms with E-state index >= 15 is 0 Å². The molecule has 1 aliphatic heterocycles. The Kier molecular flexibility index (Phi) is 4.52. The van der Waals surface area contributed by atoms with E-state index < -0.39 is 0 Å². The second-order valence-electron chi connectivity index (χ2n) is 6.24. The summed E-state index contributed by atoms with van der Waals surface area (Å²) in [5.41, 5.74) is 0. The number of rotatable bonds is 6. The number of carbonyl (C=O) groups is 1. The van der Waals surface area contributed by atoms with Crippen LogP contribution in [0.3, 0.4) is 0 Å². The van der Waals surface area contributed by atoms with E-state index in [1.807, 2.05) is 24.3 Å². The van der Waals surface area contributed by atoms with Crippen molar-refractivity contribution in [3.63, 3.8) is 0 Å². The van der Waals surface area contributed by atoms with Gasteiger partial charge >= 0.3 is 0 Å². The number of fused-ring (bicyclic) bond motifs is 1. The molecule has 8 heteroatoms. The molecule has 1 atom stereocenters. The van der Waals surface area contributed by atoms with Crippen molar-refractivity contribution in [1.29, 1.82) is 0 Å². The SMILES string of the molecule is CN(CC1COc2ccccc2O1)C(=O)CSc1nnc(C2CC2)o1. The molecule has 2 aliphatic rings. The molecule has 4 rings (SSSR count). The Morgan fingerprint density at radius 3 is 2.88 bits per heavy atom. The summed E-state index contributed by atoms with van der Waals surface area (Å²) in [5, 5.41) is 8.45. The average Bonchev–Trinajstić information content (AvgIpc) is 3.38. The molecular formula is C17H19N3O4S. The average molecular weight is 361 g/mol. The topological polar surface area (TPSA) is 77.7 Å². The molecule has 1 unspecified atom stereocenters. The highest BCUT2D eigenvalue weighted by Crippen LogP contribution is 2.39. The maximum absolute atomic E-state index is 12.3. The van der Waals surface area contributed by atoms with Gasteiger partial charge in [-0.3, -0.25) is 4.79 Å². The molecule has 0 spiro atoms. The highest BCUT2D eigenvalue weighted by atomic mass is 32.2. The van der Waals surface area contributed by atoms with Crippen molar-refractivity contribution in [3.8, 4) is 11.5 Å². The minimum Gasteiger partial charge on any atom is -0.486 e. The Morgan fingerprint density at radius 2 is 2.08 bits per heavy atom. The summed E-state index contributed by atoms with van der Waals surface area (Å²) in [6.07, 6.45) is 2.04. The van der Waals surface area contributed by atoms with Gasteiger partial charge in [-0.05, 0) is 25.0 Å². The van der Waals surface area contributed by atoms with Crippen molar-refractivity contribution >= 4 is 17.7 Å². The molecule has 0 radical (unpaired) electrons. The van der Waals surface area contributed by atoms with Crippen molar-refractivity contribution in [2.24, 2.45) is 0 Å². The van der Waals surface area contributed by atoms with E-state index in [9.17, 15) is 4.79 Å². The van der Waals surface area contributed by atoms with Gasteiger partial charge in [0.1, 0.15) is 6.61 Å². The molecule has 1 amide bonds. The highest BCUT2D eigenvalue weighted by Gasteiger charge is 2.29. The molecule has 7 nitrogen and oxygen atoms in total. The fourth-order valence-electron chi connectivity index (χ4n) is 2.57. The number of amides is 1. The third kappa shape index (κ3) is 3.89. The van der Waals surface area contributed by atoms with Gasteiger partial charge in [-0.1, -0.05) is 23.9 Å². The molecule has 1 saturated carbocycles. The first kappa shape index (κ1) is 16.3. The van der Waals surface area contributed by atoms with E-state index in [1.54, 1.807) is 11.9 Å². The van der Waals surface area contributed by atoms with E-state index in [4.69, 9.17) is 13.9 Å². The quantitative estimate of drug-likeness (QED) is 0.731. The van der Waals surface area contributed by atoms with E-state index in [0.717, 1.165) is 18.6 Å². The molecule has 2 heterocycles. The number of hydrogen-bond donors (Lipinski definition) is 0. The molecule has 132 valence electrons. The Bertz CT molecular complexity index is 762. The van der Waals surface area contributed by atoms with Crippen LogP contribution < -0.4 is 9.47 Å². The fraction of sp³-hybridized carbons (Fsp3) is 0.471. The van der Waals surface area contributed by atoms with Gasteiger partial charge in [-0.2, -0.15) is 0 Å². The number of likely N-dealkylation sites (N-methyl/N-ethyl adjacent to an activating group) is 1. The largest absolute Gasteiger partial charge is 0.486 e. The van der Waals surface area contributed by atoms with Crippen LogP contribution in [-0.4, -0.2) is 53.1 Å². The summed E-state index contributed by atoms with van der Waals surface area (Å²) >= 11 is 1.27. The molecule has 1 fully saturated rings. The van der Waals surface area contributed by atoms with Crippen LogP contribution in [0.15, 0.2) is 33.9 Å². The maximum Gasteiger partial charge on any atom is 0.277 e. The van der Waals surface area contributed by atoms with Gasteiger partial charge in [0, 0.05) is 13.0 Å². The Labute approximate surface area is 149 Å². The van der Waals surface area contributed by atoms with Crippen molar-refractivity contribution in [2.75, 3.05) is 26.0 Å². The van der Waals surface area contributed by atoms with E-state index in [2.05, 4.69) is 10.2 Å². The highest BCUT2D eigenvalue weighted by molar-refractivity contribution is 7.99. The summed E-state index contributed by atoms with van der Waals surface area (Å²) < 4.78 is 17.1. The minimum atomic E-state index is -0.182. The van der Waals surface area contributed by atoms with Gasteiger partial charge in [0.15, 0.2) is 17.6 Å². The summed E-state index contributed by atoms with van der Waals surface area (Å²) in [5.74, 6) is 2.81. The third-order valence-electron chi connectivity index (χ3n) is 4.14. The van der Waals surface area contributed by atoms with E-state index in [-0.39, 0.29) is 17.8 Å². The lowest BCUT2D eigenvalue weighted by Crippen LogP contribution is -2.42. The van der Waals surface area contributed by atoms with Crippen LogP contribution in [0.5, 0.6) is 11.5 Å². The third-order valence-corrected chi connectivity index (χ3v) is 4.94. The lowest BCUT2D eigenvalue weighted by atomic mass is 10.2. The Morgan fingerprint density at radius 1 is 1.28 bits per heavy atom. The van der Waals surface area contributed by atoms with Crippen LogP contribution in [-0.2, 0) is 4.79 Å². The van der Waals surface area contributed by atoms with Crippen LogP contribution in [0, 0.1) is 0 Å². The number of aromatic nitrogens is 2. The monoisotopic (exact) mass is 361 g/mol. The first-order valence-electron chi connectivity index (χ1n) is 8.27. The van der Waals surface area contributed by atoms with Gasteiger partial charge in [-0.15, -0.1) is 10.2 Å². The number of ether oxygens (including phenoxy) is 2. The Hall–Kier alpha value is -2.22. The molecule has 0 saturated heterocycles. The summed E-state index contributed by atoms with van der Waals surface area (Å²) in [6.45, 7) is 0.890. The second kappa shape index (κ2) is 6.95. The molecular weight excluding hydrogens is 342 g/mol. The number of carbonyl (C=O) groups excluding carboxylic acids is 1. The van der Waals surface area contributed by atoms with Gasteiger partial charge in [0.05, 0.1) is 12.3 Å². The summed E-state index contributed by atoms with van der Waals surface area (Å²) in [6, 6.07) is 7.54. The van der Waals surface area contributed by atoms with Gasteiger partial charge in [0.2, 0.25) is 11.8 Å². The van der Waals surface area contributed by atoms with Crippen LogP contribution in [0.25, 0.3) is 0 Å². The zero-order chi connectivity index (χ0) is 17.2. The van der Waals surface area contributed by atoms with Crippen LogP contribution >= 0.6 is 11.8 Å². The molecule has 0 bridgehead atoms. The van der Waals surface area contributed by atoms with Crippen LogP contribution in [0.4, 0.5) is 0 Å². The smallest absolute Gasteiger partial charge is 0.277 e. The summed E-state index contributed by atoms with van der Waals surface area (Å²) in [4.78, 5) is 14.0. The predicted octanol–water partition coefficient (Wildman–Crippen LogP) is 2.34. The number of hydrogen-bond acceptors (Lipinski definition) is 7.